The van der Waals surface area contributed by atoms with Crippen LogP contribution in [0.25, 0.3) is 11.0 Å². The van der Waals surface area contributed by atoms with Gasteiger partial charge in [-0.2, -0.15) is 0 Å². The highest BCUT2D eigenvalue weighted by Crippen LogP contribution is 2.27. The van der Waals surface area contributed by atoms with Crippen LogP contribution < -0.4 is 5.63 Å². The highest BCUT2D eigenvalue weighted by atomic mass is 32.2. The summed E-state index contributed by atoms with van der Waals surface area (Å²) < 4.78 is 11.8. The second kappa shape index (κ2) is 7.61. The molecule has 0 aliphatic rings. The lowest BCUT2D eigenvalue weighted by Gasteiger charge is -2.06. The maximum absolute atomic E-state index is 11.7. The summed E-state index contributed by atoms with van der Waals surface area (Å²) >= 11 is 1.38. The second-order valence-corrected chi connectivity index (χ2v) is 6.44. The van der Waals surface area contributed by atoms with Gasteiger partial charge in [-0.15, -0.1) is 10.2 Å². The van der Waals surface area contributed by atoms with Gasteiger partial charge >= 0.3 is 11.6 Å². The number of hydrogen-bond donors (Lipinski definition) is 1. The van der Waals surface area contributed by atoms with Crippen molar-refractivity contribution in [3.05, 3.63) is 46.1 Å². The zero-order chi connectivity index (χ0) is 18.7. The highest BCUT2D eigenvalue weighted by Gasteiger charge is 2.15. The molecule has 2 aromatic heterocycles. The quantitative estimate of drug-likeness (QED) is 0.396. The van der Waals surface area contributed by atoms with E-state index in [0.717, 1.165) is 10.9 Å². The Morgan fingerprint density at radius 3 is 2.92 bits per heavy atom. The van der Waals surface area contributed by atoms with Crippen LogP contribution >= 0.6 is 11.8 Å². The number of fused-ring (bicyclic) bond motifs is 1. The fraction of sp³-hybridized carbons (Fsp3) is 0.294. The van der Waals surface area contributed by atoms with Crippen molar-refractivity contribution in [2.75, 3.05) is 6.61 Å². The third-order valence-electron chi connectivity index (χ3n) is 3.70. The van der Waals surface area contributed by atoms with Crippen LogP contribution in [0.3, 0.4) is 0 Å². The smallest absolute Gasteiger partial charge is 0.336 e. The number of phenolic OH excluding ortho intramolecular Hbond substituents is 1. The molecule has 2 heterocycles. The lowest BCUT2D eigenvalue weighted by molar-refractivity contribution is -0.142. The Labute approximate surface area is 152 Å². The van der Waals surface area contributed by atoms with Crippen molar-refractivity contribution in [2.24, 2.45) is 7.05 Å². The summed E-state index contributed by atoms with van der Waals surface area (Å²) in [6, 6.07) is 6.07. The molecule has 0 saturated heterocycles. The zero-order valence-corrected chi connectivity index (χ0v) is 15.1. The molecule has 1 N–H and O–H groups in total. The third-order valence-corrected chi connectivity index (χ3v) is 4.77. The summed E-state index contributed by atoms with van der Waals surface area (Å²) in [6.07, 6.45) is 0.0506. The molecule has 0 fully saturated rings. The molecule has 0 saturated carbocycles. The Kier molecular flexibility index (Phi) is 5.27. The van der Waals surface area contributed by atoms with Crippen LogP contribution in [0.15, 0.2) is 38.6 Å². The van der Waals surface area contributed by atoms with E-state index in [9.17, 15) is 14.7 Å². The van der Waals surface area contributed by atoms with Gasteiger partial charge in [0.2, 0.25) is 0 Å². The van der Waals surface area contributed by atoms with Gasteiger partial charge in [0.1, 0.15) is 23.6 Å². The van der Waals surface area contributed by atoms with Crippen LogP contribution in [0, 0.1) is 0 Å². The maximum Gasteiger partial charge on any atom is 0.336 e. The number of hydrogen-bond acceptors (Lipinski definition) is 8. The van der Waals surface area contributed by atoms with Crippen molar-refractivity contribution in [3.8, 4) is 5.75 Å². The predicted molar refractivity (Wildman–Crippen MR) is 95.0 cm³/mol. The summed E-state index contributed by atoms with van der Waals surface area (Å²) in [7, 11) is 1.77. The van der Waals surface area contributed by atoms with E-state index in [1.54, 1.807) is 24.6 Å². The Hall–Kier alpha value is -2.81. The first-order valence-electron chi connectivity index (χ1n) is 7.90. The predicted octanol–water partition coefficient (Wildman–Crippen LogP) is 2.02. The van der Waals surface area contributed by atoms with Crippen molar-refractivity contribution >= 4 is 28.7 Å². The van der Waals surface area contributed by atoms with Gasteiger partial charge in [0, 0.05) is 30.3 Å². The van der Waals surface area contributed by atoms with Gasteiger partial charge < -0.3 is 18.8 Å². The number of esters is 1. The van der Waals surface area contributed by atoms with Gasteiger partial charge in [0.05, 0.1) is 6.61 Å². The van der Waals surface area contributed by atoms with Crippen molar-refractivity contribution in [1.82, 2.24) is 14.8 Å². The molecule has 26 heavy (non-hydrogen) atoms. The van der Waals surface area contributed by atoms with Crippen LogP contribution in [-0.2, 0) is 28.8 Å². The maximum atomic E-state index is 11.7. The average molecular weight is 375 g/mol. The molecule has 136 valence electrons. The molecule has 3 aromatic rings. The Morgan fingerprint density at radius 1 is 1.35 bits per heavy atom. The Balaban J connectivity index is 1.80. The number of thioether (sulfide) groups is 1. The fourth-order valence-electron chi connectivity index (χ4n) is 2.45. The Morgan fingerprint density at radius 2 is 2.15 bits per heavy atom. The van der Waals surface area contributed by atoms with Gasteiger partial charge in [-0.3, -0.25) is 4.79 Å². The minimum atomic E-state index is -0.486. The summed E-state index contributed by atoms with van der Waals surface area (Å²) in [4.78, 5) is 23.3. The molecule has 1 aromatic carbocycles. The number of benzene rings is 1. The lowest BCUT2D eigenvalue weighted by atomic mass is 10.1. The molecular weight excluding hydrogens is 358 g/mol. The van der Waals surface area contributed by atoms with E-state index in [1.165, 1.54) is 30.0 Å². The van der Waals surface area contributed by atoms with Crippen molar-refractivity contribution in [3.63, 3.8) is 0 Å². The van der Waals surface area contributed by atoms with E-state index in [-0.39, 0.29) is 18.1 Å². The van der Waals surface area contributed by atoms with Crippen molar-refractivity contribution in [1.29, 1.82) is 0 Å². The fourth-order valence-corrected chi connectivity index (χ4v) is 3.37. The number of carbonyl (C=O) groups excluding carboxylic acids is 1. The molecule has 0 amide bonds. The lowest BCUT2D eigenvalue weighted by Crippen LogP contribution is -2.11. The minimum absolute atomic E-state index is 0.0300. The molecule has 0 unspecified atom stereocenters. The molecule has 8 nitrogen and oxygen atoms in total. The number of nitrogens with zero attached hydrogens (tertiary/aromatic N) is 3. The van der Waals surface area contributed by atoms with E-state index in [1.807, 2.05) is 0 Å². The average Bonchev–Trinajstić information content (AvgIpc) is 2.92. The SMILES string of the molecule is CCOC(=O)Cc1nnc(SCc2cc(=O)oc3cc(O)ccc23)n1C. The van der Waals surface area contributed by atoms with Gasteiger partial charge in [-0.1, -0.05) is 11.8 Å². The van der Waals surface area contributed by atoms with Crippen LogP contribution in [0.1, 0.15) is 18.3 Å². The van der Waals surface area contributed by atoms with E-state index >= 15 is 0 Å². The molecule has 9 heteroatoms. The largest absolute Gasteiger partial charge is 0.508 e. The van der Waals surface area contributed by atoms with Gasteiger partial charge in [0.15, 0.2) is 5.16 Å². The number of rotatable bonds is 6. The first-order valence-corrected chi connectivity index (χ1v) is 8.89. The summed E-state index contributed by atoms with van der Waals surface area (Å²) in [5, 5.41) is 19.0. The molecule has 0 aliphatic carbocycles. The number of phenols is 1. The zero-order valence-electron chi connectivity index (χ0n) is 14.3. The first-order chi connectivity index (χ1) is 12.5. The summed E-state index contributed by atoms with van der Waals surface area (Å²) in [5.41, 5.74) is 0.602. The number of carbonyl (C=O) groups is 1. The van der Waals surface area contributed by atoms with E-state index in [2.05, 4.69) is 10.2 Å². The third kappa shape index (κ3) is 3.88. The van der Waals surface area contributed by atoms with Crippen molar-refractivity contribution < 1.29 is 19.1 Å². The monoisotopic (exact) mass is 375 g/mol. The molecule has 0 atom stereocenters. The van der Waals surface area contributed by atoms with Crippen LogP contribution in [0.4, 0.5) is 0 Å². The van der Waals surface area contributed by atoms with Gasteiger partial charge in [0.25, 0.3) is 0 Å². The van der Waals surface area contributed by atoms with E-state index in [4.69, 9.17) is 9.15 Å². The summed E-state index contributed by atoms with van der Waals surface area (Å²) in [5.74, 6) is 0.639. The molecule has 3 rings (SSSR count). The number of aromatic nitrogens is 3. The van der Waals surface area contributed by atoms with E-state index < -0.39 is 5.63 Å². The highest BCUT2D eigenvalue weighted by molar-refractivity contribution is 7.98. The van der Waals surface area contributed by atoms with Crippen LogP contribution in [0.5, 0.6) is 5.75 Å². The molecule has 0 spiro atoms. The van der Waals surface area contributed by atoms with E-state index in [0.29, 0.717) is 28.9 Å². The minimum Gasteiger partial charge on any atom is -0.508 e. The van der Waals surface area contributed by atoms with Gasteiger partial charge in [-0.05, 0) is 24.6 Å². The van der Waals surface area contributed by atoms with Crippen LogP contribution in [0.2, 0.25) is 0 Å². The topological polar surface area (TPSA) is 107 Å². The first kappa shape index (κ1) is 18.0. The second-order valence-electron chi connectivity index (χ2n) is 5.50. The molecule has 0 aliphatic heterocycles. The standard InChI is InChI=1S/C17H17N3O5S/c1-3-24-15(22)8-14-18-19-17(20(14)2)26-9-10-6-16(23)25-13-7-11(21)4-5-12(10)13/h4-7,21H,3,8-9H2,1-2H3. The van der Waals surface area contributed by atoms with Crippen molar-refractivity contribution in [2.45, 2.75) is 24.3 Å². The van der Waals surface area contributed by atoms with Crippen LogP contribution in [-0.4, -0.2) is 32.4 Å². The summed E-state index contributed by atoms with van der Waals surface area (Å²) in [6.45, 7) is 2.06. The molecular formula is C17H17N3O5S. The molecule has 0 bridgehead atoms. The number of aromatic hydroxyl groups is 1. The normalized spacial score (nSPS) is 11.0. The molecule has 0 radical (unpaired) electrons. The van der Waals surface area contributed by atoms with Gasteiger partial charge in [-0.25, -0.2) is 4.79 Å². The Bertz CT molecular complexity index is 1010. The number of ether oxygens (including phenoxy) is 1.